The van der Waals surface area contributed by atoms with Crippen molar-refractivity contribution in [2.45, 2.75) is 44.9 Å². The Bertz CT molecular complexity index is 350. The van der Waals surface area contributed by atoms with E-state index in [9.17, 15) is 5.11 Å². The van der Waals surface area contributed by atoms with Crippen LogP contribution in [0.5, 0.6) is 0 Å². The van der Waals surface area contributed by atoms with Crippen LogP contribution in [0.15, 0.2) is 24.3 Å². The van der Waals surface area contributed by atoms with Crippen LogP contribution in [0.3, 0.4) is 0 Å². The highest BCUT2D eigenvalue weighted by Crippen LogP contribution is 2.24. The highest BCUT2D eigenvalue weighted by Gasteiger charge is 2.28. The van der Waals surface area contributed by atoms with Gasteiger partial charge < -0.3 is 5.11 Å². The maximum Gasteiger partial charge on any atom is 0.0695 e. The minimum absolute atomic E-state index is 0.131. The second-order valence-electron chi connectivity index (χ2n) is 4.91. The minimum Gasteiger partial charge on any atom is -0.391 e. The average molecular weight is 219 g/mol. The van der Waals surface area contributed by atoms with Crippen LogP contribution in [0.4, 0.5) is 0 Å². The summed E-state index contributed by atoms with van der Waals surface area (Å²) in [5, 5.41) is 9.87. The molecule has 0 bridgehead atoms. The molecular weight excluding hydrogens is 198 g/mol. The second-order valence-corrected chi connectivity index (χ2v) is 4.91. The minimum atomic E-state index is -0.131. The van der Waals surface area contributed by atoms with Crippen molar-refractivity contribution in [1.82, 2.24) is 4.90 Å². The Morgan fingerprint density at radius 1 is 1.31 bits per heavy atom. The molecule has 2 rings (SSSR count). The number of aryl methyl sites for hydroxylation is 1. The van der Waals surface area contributed by atoms with Crippen molar-refractivity contribution in [3.63, 3.8) is 0 Å². The molecule has 0 aromatic heterocycles. The molecule has 0 unspecified atom stereocenters. The first-order valence-electron chi connectivity index (χ1n) is 6.11. The number of rotatable bonds is 3. The molecule has 2 heteroatoms. The third-order valence-electron chi connectivity index (χ3n) is 3.69. The molecule has 0 heterocycles. The maximum atomic E-state index is 9.87. The summed E-state index contributed by atoms with van der Waals surface area (Å²) in [5.74, 6) is 0. The normalized spacial score (nSPS) is 25.2. The van der Waals surface area contributed by atoms with Crippen molar-refractivity contribution in [1.29, 1.82) is 0 Å². The molecule has 1 aliphatic rings. The molecule has 0 saturated heterocycles. The van der Waals surface area contributed by atoms with Gasteiger partial charge in [-0.2, -0.15) is 0 Å². The van der Waals surface area contributed by atoms with E-state index in [1.807, 2.05) is 0 Å². The third kappa shape index (κ3) is 2.45. The Kier molecular flexibility index (Phi) is 3.62. The highest BCUT2D eigenvalue weighted by atomic mass is 16.3. The fraction of sp³-hybridized carbons (Fsp3) is 0.571. The highest BCUT2D eigenvalue weighted by molar-refractivity contribution is 5.25. The molecule has 1 aliphatic carbocycles. The number of hydrogen-bond acceptors (Lipinski definition) is 2. The zero-order chi connectivity index (χ0) is 11.5. The predicted molar refractivity (Wildman–Crippen MR) is 66.3 cm³/mol. The van der Waals surface area contributed by atoms with Crippen LogP contribution in [0.1, 0.15) is 30.4 Å². The first-order chi connectivity index (χ1) is 7.68. The van der Waals surface area contributed by atoms with Gasteiger partial charge in [-0.15, -0.1) is 0 Å². The first-order valence-corrected chi connectivity index (χ1v) is 6.11. The van der Waals surface area contributed by atoms with Gasteiger partial charge in [-0.1, -0.05) is 24.3 Å². The van der Waals surface area contributed by atoms with Crippen molar-refractivity contribution >= 4 is 0 Å². The molecule has 1 saturated carbocycles. The summed E-state index contributed by atoms with van der Waals surface area (Å²) in [6, 6.07) is 8.82. The lowest BCUT2D eigenvalue weighted by molar-refractivity contribution is 0.0824. The zero-order valence-electron chi connectivity index (χ0n) is 10.2. The van der Waals surface area contributed by atoms with Gasteiger partial charge in [-0.25, -0.2) is 0 Å². The van der Waals surface area contributed by atoms with E-state index in [0.29, 0.717) is 6.04 Å². The Labute approximate surface area is 97.9 Å². The van der Waals surface area contributed by atoms with Gasteiger partial charge in [0.15, 0.2) is 0 Å². The van der Waals surface area contributed by atoms with Crippen LogP contribution in [0.25, 0.3) is 0 Å². The molecule has 2 atom stereocenters. The zero-order valence-corrected chi connectivity index (χ0v) is 10.2. The number of likely N-dealkylation sites (N-methyl/N-ethyl adjacent to an activating group) is 1. The van der Waals surface area contributed by atoms with Gasteiger partial charge in [0.25, 0.3) is 0 Å². The first kappa shape index (κ1) is 11.6. The Hall–Kier alpha value is -0.860. The Morgan fingerprint density at radius 3 is 2.69 bits per heavy atom. The number of hydrogen-bond donors (Lipinski definition) is 1. The molecule has 1 fully saturated rings. The number of aliphatic hydroxyl groups excluding tert-OH is 1. The Morgan fingerprint density at radius 2 is 2.06 bits per heavy atom. The molecule has 16 heavy (non-hydrogen) atoms. The summed E-state index contributed by atoms with van der Waals surface area (Å²) in [6.45, 7) is 3.09. The summed E-state index contributed by atoms with van der Waals surface area (Å²) in [6.07, 6.45) is 3.12. The van der Waals surface area contributed by atoms with Gasteiger partial charge in [0.05, 0.1) is 6.10 Å². The molecular formula is C14H21NO. The van der Waals surface area contributed by atoms with E-state index in [1.54, 1.807) is 0 Å². The molecule has 1 aromatic rings. The van der Waals surface area contributed by atoms with Gasteiger partial charge in [0.1, 0.15) is 0 Å². The van der Waals surface area contributed by atoms with Crippen molar-refractivity contribution in [2.24, 2.45) is 0 Å². The molecule has 0 aliphatic heterocycles. The molecule has 2 nitrogen and oxygen atoms in total. The van der Waals surface area contributed by atoms with E-state index in [4.69, 9.17) is 0 Å². The maximum absolute atomic E-state index is 9.87. The van der Waals surface area contributed by atoms with Gasteiger partial charge >= 0.3 is 0 Å². The van der Waals surface area contributed by atoms with Crippen molar-refractivity contribution in [3.05, 3.63) is 35.4 Å². The lowest BCUT2D eigenvalue weighted by atomic mass is 10.1. The summed E-state index contributed by atoms with van der Waals surface area (Å²) >= 11 is 0. The van der Waals surface area contributed by atoms with E-state index in [1.165, 1.54) is 11.1 Å². The van der Waals surface area contributed by atoms with Crippen LogP contribution < -0.4 is 0 Å². The van der Waals surface area contributed by atoms with Crippen LogP contribution in [-0.4, -0.2) is 29.2 Å². The van der Waals surface area contributed by atoms with Crippen LogP contribution in [-0.2, 0) is 6.54 Å². The summed E-state index contributed by atoms with van der Waals surface area (Å²) in [5.41, 5.74) is 2.70. The SMILES string of the molecule is Cc1ccccc1CN(C)[C@@H]1CCC[C@H]1O. The monoisotopic (exact) mass is 219 g/mol. The molecule has 88 valence electrons. The van der Waals surface area contributed by atoms with E-state index < -0.39 is 0 Å². The fourth-order valence-electron chi connectivity index (χ4n) is 2.61. The van der Waals surface area contributed by atoms with Crippen LogP contribution in [0.2, 0.25) is 0 Å². The average Bonchev–Trinajstić information content (AvgIpc) is 2.68. The lowest BCUT2D eigenvalue weighted by Gasteiger charge is -2.27. The molecule has 0 radical (unpaired) electrons. The molecule has 0 amide bonds. The fourth-order valence-corrected chi connectivity index (χ4v) is 2.61. The van der Waals surface area contributed by atoms with E-state index in [2.05, 4.69) is 43.1 Å². The van der Waals surface area contributed by atoms with Crippen molar-refractivity contribution in [3.8, 4) is 0 Å². The molecule has 1 N–H and O–H groups in total. The van der Waals surface area contributed by atoms with Gasteiger partial charge in [-0.05, 0) is 44.4 Å². The standard InChI is InChI=1S/C14H21NO/c1-11-6-3-4-7-12(11)10-15(2)13-8-5-9-14(13)16/h3-4,6-7,13-14,16H,5,8-10H2,1-2H3/t13-,14-/m1/s1. The largest absolute Gasteiger partial charge is 0.391 e. The summed E-state index contributed by atoms with van der Waals surface area (Å²) in [4.78, 5) is 2.29. The smallest absolute Gasteiger partial charge is 0.0695 e. The molecule has 0 spiro atoms. The van der Waals surface area contributed by atoms with E-state index >= 15 is 0 Å². The lowest BCUT2D eigenvalue weighted by Crippen LogP contribution is -2.37. The second kappa shape index (κ2) is 4.98. The van der Waals surface area contributed by atoms with Gasteiger partial charge in [-0.3, -0.25) is 4.90 Å². The number of aliphatic hydroxyl groups is 1. The Balaban J connectivity index is 2.02. The number of nitrogens with zero attached hydrogens (tertiary/aromatic N) is 1. The van der Waals surface area contributed by atoms with Crippen LogP contribution in [0, 0.1) is 6.92 Å². The summed E-state index contributed by atoms with van der Waals surface area (Å²) < 4.78 is 0. The van der Waals surface area contributed by atoms with E-state index in [-0.39, 0.29) is 6.10 Å². The van der Waals surface area contributed by atoms with Crippen LogP contribution >= 0.6 is 0 Å². The van der Waals surface area contributed by atoms with Gasteiger partial charge in [0.2, 0.25) is 0 Å². The topological polar surface area (TPSA) is 23.5 Å². The van der Waals surface area contributed by atoms with Crippen molar-refractivity contribution in [2.75, 3.05) is 7.05 Å². The van der Waals surface area contributed by atoms with Crippen molar-refractivity contribution < 1.29 is 5.11 Å². The molecule has 1 aromatic carbocycles. The third-order valence-corrected chi connectivity index (χ3v) is 3.69. The number of benzene rings is 1. The quantitative estimate of drug-likeness (QED) is 0.843. The summed E-state index contributed by atoms with van der Waals surface area (Å²) in [7, 11) is 2.12. The van der Waals surface area contributed by atoms with Gasteiger partial charge in [0, 0.05) is 12.6 Å². The predicted octanol–water partition coefficient (Wildman–Crippen LogP) is 2.34. The van der Waals surface area contributed by atoms with E-state index in [0.717, 1.165) is 25.8 Å².